The molecule has 1 heterocycles. The first-order valence-corrected chi connectivity index (χ1v) is 7.05. The number of piperidine rings is 1. The third-order valence-corrected chi connectivity index (χ3v) is 3.34. The summed E-state index contributed by atoms with van der Waals surface area (Å²) in [6.45, 7) is 0.308. The number of amides is 3. The van der Waals surface area contributed by atoms with Crippen LogP contribution >= 0.6 is 0 Å². The maximum Gasteiger partial charge on any atom is 0.229 e. The molecule has 1 aliphatic heterocycles. The van der Waals surface area contributed by atoms with Crippen molar-refractivity contribution in [3.63, 3.8) is 0 Å². The highest BCUT2D eigenvalue weighted by molar-refractivity contribution is 5.97. The number of hydrogen-bond donors (Lipinski definition) is 2. The van der Waals surface area contributed by atoms with Crippen LogP contribution < -0.4 is 11.1 Å². The summed E-state index contributed by atoms with van der Waals surface area (Å²) in [4.78, 5) is 36.2. The number of imide groups is 1. The standard InChI is InChI=1S/C15H19N3O3/c16-11-4-1-5-12(10-11)17-13(19)6-3-9-18-14(20)7-2-8-15(18)21/h1,4-5,10H,2-3,6-9,16H2,(H,17,19). The Bertz CT molecular complexity index is 541. The van der Waals surface area contributed by atoms with Gasteiger partial charge in [0.05, 0.1) is 0 Å². The van der Waals surface area contributed by atoms with Crippen molar-refractivity contribution in [3.8, 4) is 0 Å². The molecule has 1 saturated heterocycles. The van der Waals surface area contributed by atoms with E-state index >= 15 is 0 Å². The van der Waals surface area contributed by atoms with Gasteiger partial charge in [0.1, 0.15) is 0 Å². The summed E-state index contributed by atoms with van der Waals surface area (Å²) in [6.07, 6.45) is 2.18. The first-order chi connectivity index (χ1) is 10.1. The van der Waals surface area contributed by atoms with Gasteiger partial charge in [-0.3, -0.25) is 19.3 Å². The summed E-state index contributed by atoms with van der Waals surface area (Å²) >= 11 is 0. The van der Waals surface area contributed by atoms with Crippen LogP contribution in [0.5, 0.6) is 0 Å². The first kappa shape index (κ1) is 15.0. The van der Waals surface area contributed by atoms with E-state index in [1.165, 1.54) is 4.90 Å². The molecule has 0 bridgehead atoms. The zero-order chi connectivity index (χ0) is 15.2. The molecular weight excluding hydrogens is 270 g/mol. The van der Waals surface area contributed by atoms with Gasteiger partial charge in [-0.2, -0.15) is 0 Å². The molecule has 1 fully saturated rings. The Morgan fingerprint density at radius 3 is 2.62 bits per heavy atom. The monoisotopic (exact) mass is 289 g/mol. The number of nitrogens with zero attached hydrogens (tertiary/aromatic N) is 1. The first-order valence-electron chi connectivity index (χ1n) is 7.05. The molecule has 1 aliphatic rings. The van der Waals surface area contributed by atoms with Crippen molar-refractivity contribution >= 4 is 29.1 Å². The van der Waals surface area contributed by atoms with Crippen LogP contribution in [0.4, 0.5) is 11.4 Å². The number of carbonyl (C=O) groups is 3. The summed E-state index contributed by atoms with van der Waals surface area (Å²) in [5, 5.41) is 2.74. The fourth-order valence-electron chi connectivity index (χ4n) is 2.29. The molecule has 0 unspecified atom stereocenters. The molecule has 0 radical (unpaired) electrons. The number of nitrogen functional groups attached to an aromatic ring is 1. The molecule has 2 rings (SSSR count). The van der Waals surface area contributed by atoms with Crippen LogP contribution in [0.25, 0.3) is 0 Å². The van der Waals surface area contributed by atoms with E-state index in [0.29, 0.717) is 43.6 Å². The Kier molecular flexibility index (Phi) is 4.92. The van der Waals surface area contributed by atoms with Crippen LogP contribution in [0, 0.1) is 0 Å². The van der Waals surface area contributed by atoms with Crippen molar-refractivity contribution in [3.05, 3.63) is 24.3 Å². The fraction of sp³-hybridized carbons (Fsp3) is 0.400. The number of carbonyl (C=O) groups excluding carboxylic acids is 3. The van der Waals surface area contributed by atoms with Gasteiger partial charge in [-0.1, -0.05) is 6.07 Å². The van der Waals surface area contributed by atoms with Gasteiger partial charge >= 0.3 is 0 Å². The highest BCUT2D eigenvalue weighted by Crippen LogP contribution is 2.14. The van der Waals surface area contributed by atoms with Gasteiger partial charge in [-0.15, -0.1) is 0 Å². The zero-order valence-electron chi connectivity index (χ0n) is 11.8. The molecule has 1 aromatic carbocycles. The Morgan fingerprint density at radius 2 is 1.95 bits per heavy atom. The number of nitrogens with one attached hydrogen (secondary N) is 1. The average Bonchev–Trinajstić information content (AvgIpc) is 2.42. The summed E-state index contributed by atoms with van der Waals surface area (Å²) < 4.78 is 0. The van der Waals surface area contributed by atoms with Crippen molar-refractivity contribution in [1.82, 2.24) is 4.90 Å². The Hall–Kier alpha value is -2.37. The van der Waals surface area contributed by atoms with E-state index < -0.39 is 0 Å². The molecule has 3 N–H and O–H groups in total. The van der Waals surface area contributed by atoms with Crippen LogP contribution in [0.3, 0.4) is 0 Å². The largest absolute Gasteiger partial charge is 0.399 e. The van der Waals surface area contributed by atoms with E-state index in [4.69, 9.17) is 5.73 Å². The minimum atomic E-state index is -0.155. The highest BCUT2D eigenvalue weighted by Gasteiger charge is 2.25. The predicted octanol–water partition coefficient (Wildman–Crippen LogP) is 1.53. The molecule has 0 atom stereocenters. The molecule has 0 aliphatic carbocycles. The molecule has 0 aromatic heterocycles. The van der Waals surface area contributed by atoms with Gasteiger partial charge in [0.2, 0.25) is 17.7 Å². The summed E-state index contributed by atoms with van der Waals surface area (Å²) in [7, 11) is 0. The predicted molar refractivity (Wildman–Crippen MR) is 79.3 cm³/mol. The second-order valence-electron chi connectivity index (χ2n) is 5.07. The summed E-state index contributed by atoms with van der Waals surface area (Å²) in [6, 6.07) is 6.93. The van der Waals surface area contributed by atoms with Crippen molar-refractivity contribution < 1.29 is 14.4 Å². The van der Waals surface area contributed by atoms with Crippen molar-refractivity contribution in [2.45, 2.75) is 32.1 Å². The summed E-state index contributed by atoms with van der Waals surface area (Å²) in [5.74, 6) is -0.428. The Morgan fingerprint density at radius 1 is 1.24 bits per heavy atom. The van der Waals surface area contributed by atoms with E-state index in [0.717, 1.165) is 0 Å². The van der Waals surface area contributed by atoms with E-state index in [2.05, 4.69) is 5.32 Å². The molecular formula is C15H19N3O3. The maximum atomic E-state index is 11.8. The third kappa shape index (κ3) is 4.30. The molecule has 0 saturated carbocycles. The molecule has 112 valence electrons. The van der Waals surface area contributed by atoms with Crippen molar-refractivity contribution in [2.75, 3.05) is 17.6 Å². The maximum absolute atomic E-state index is 11.8. The number of nitrogens with two attached hydrogens (primary N) is 1. The van der Waals surface area contributed by atoms with Crippen LogP contribution in [0.2, 0.25) is 0 Å². The number of hydrogen-bond acceptors (Lipinski definition) is 4. The van der Waals surface area contributed by atoms with Crippen molar-refractivity contribution in [2.24, 2.45) is 0 Å². The second kappa shape index (κ2) is 6.88. The molecule has 21 heavy (non-hydrogen) atoms. The number of rotatable bonds is 5. The average molecular weight is 289 g/mol. The van der Waals surface area contributed by atoms with Gasteiger partial charge in [-0.25, -0.2) is 0 Å². The number of likely N-dealkylation sites (tertiary alicyclic amines) is 1. The van der Waals surface area contributed by atoms with Gasteiger partial charge in [-0.05, 0) is 31.0 Å². The lowest BCUT2D eigenvalue weighted by molar-refractivity contribution is -0.148. The van der Waals surface area contributed by atoms with E-state index in [9.17, 15) is 14.4 Å². The number of anilines is 2. The van der Waals surface area contributed by atoms with Crippen LogP contribution in [-0.2, 0) is 14.4 Å². The van der Waals surface area contributed by atoms with E-state index in [1.807, 2.05) is 0 Å². The zero-order valence-corrected chi connectivity index (χ0v) is 11.8. The highest BCUT2D eigenvalue weighted by atomic mass is 16.2. The van der Waals surface area contributed by atoms with E-state index in [-0.39, 0.29) is 24.1 Å². The van der Waals surface area contributed by atoms with Crippen LogP contribution in [0.15, 0.2) is 24.3 Å². The second-order valence-corrected chi connectivity index (χ2v) is 5.07. The summed E-state index contributed by atoms with van der Waals surface area (Å²) in [5.41, 5.74) is 6.85. The fourth-order valence-corrected chi connectivity index (χ4v) is 2.29. The normalized spacial score (nSPS) is 15.1. The Labute approximate surface area is 123 Å². The number of benzene rings is 1. The smallest absolute Gasteiger partial charge is 0.229 e. The lowest BCUT2D eigenvalue weighted by Gasteiger charge is -2.24. The van der Waals surface area contributed by atoms with Crippen LogP contribution in [-0.4, -0.2) is 29.2 Å². The third-order valence-electron chi connectivity index (χ3n) is 3.34. The minimum Gasteiger partial charge on any atom is -0.399 e. The molecule has 6 heteroatoms. The molecule has 3 amide bonds. The van der Waals surface area contributed by atoms with Gasteiger partial charge in [0, 0.05) is 37.2 Å². The van der Waals surface area contributed by atoms with E-state index in [1.54, 1.807) is 24.3 Å². The van der Waals surface area contributed by atoms with Gasteiger partial charge in [0.15, 0.2) is 0 Å². The quantitative estimate of drug-likeness (QED) is 0.635. The topological polar surface area (TPSA) is 92.5 Å². The molecule has 1 aromatic rings. The molecule has 0 spiro atoms. The SMILES string of the molecule is Nc1cccc(NC(=O)CCCN2C(=O)CCCC2=O)c1. The lowest BCUT2D eigenvalue weighted by atomic mass is 10.1. The molecule has 6 nitrogen and oxygen atoms in total. The van der Waals surface area contributed by atoms with Gasteiger partial charge in [0.25, 0.3) is 0 Å². The minimum absolute atomic E-state index is 0.137. The van der Waals surface area contributed by atoms with Crippen molar-refractivity contribution in [1.29, 1.82) is 0 Å². The van der Waals surface area contributed by atoms with Gasteiger partial charge < -0.3 is 11.1 Å². The Balaban J connectivity index is 1.76. The lowest BCUT2D eigenvalue weighted by Crippen LogP contribution is -2.40. The van der Waals surface area contributed by atoms with Crippen LogP contribution in [0.1, 0.15) is 32.1 Å².